The second-order valence-electron chi connectivity index (χ2n) is 7.95. The average molecular weight is 415 g/mol. The molecule has 2 aromatic carbocycles. The molecule has 1 amide bonds. The maximum absolute atomic E-state index is 12.9. The van der Waals surface area contributed by atoms with Gasteiger partial charge in [-0.3, -0.25) is 9.10 Å². The summed E-state index contributed by atoms with van der Waals surface area (Å²) in [5.41, 5.74) is 1.05. The number of nitrogens with one attached hydrogen (secondary N) is 1. The molecular formula is C22H26N2O4S. The molecule has 3 atom stereocenters. The van der Waals surface area contributed by atoms with E-state index in [9.17, 15) is 13.2 Å². The number of anilines is 1. The molecule has 2 fully saturated rings. The van der Waals surface area contributed by atoms with Crippen molar-refractivity contribution in [2.75, 3.05) is 18.5 Å². The van der Waals surface area contributed by atoms with E-state index in [4.69, 9.17) is 4.74 Å². The monoisotopic (exact) mass is 414 g/mol. The fourth-order valence-corrected chi connectivity index (χ4v) is 5.74. The van der Waals surface area contributed by atoms with Crippen LogP contribution in [0.1, 0.15) is 36.0 Å². The number of ether oxygens (including phenoxy) is 1. The van der Waals surface area contributed by atoms with E-state index in [1.54, 1.807) is 36.4 Å². The summed E-state index contributed by atoms with van der Waals surface area (Å²) in [5.74, 6) is 1.89. The summed E-state index contributed by atoms with van der Waals surface area (Å²) in [6.45, 7) is 0. The maximum Gasteiger partial charge on any atom is 0.264 e. The molecule has 0 radical (unpaired) electrons. The van der Waals surface area contributed by atoms with Crippen LogP contribution in [-0.2, 0) is 10.0 Å². The number of carbonyl (C=O) groups excluding carboxylic acids is 1. The Balaban J connectivity index is 1.45. The van der Waals surface area contributed by atoms with Gasteiger partial charge in [0.05, 0.1) is 17.7 Å². The summed E-state index contributed by atoms with van der Waals surface area (Å²) in [6.07, 6.45) is 4.82. The molecule has 0 saturated heterocycles. The Morgan fingerprint density at radius 2 is 1.72 bits per heavy atom. The Hall–Kier alpha value is -2.54. The van der Waals surface area contributed by atoms with E-state index in [1.807, 2.05) is 0 Å². The third kappa shape index (κ3) is 3.83. The minimum atomic E-state index is -3.70. The summed E-state index contributed by atoms with van der Waals surface area (Å²) < 4.78 is 32.0. The van der Waals surface area contributed by atoms with Crippen LogP contribution in [0, 0.1) is 11.8 Å². The van der Waals surface area contributed by atoms with Gasteiger partial charge >= 0.3 is 0 Å². The van der Waals surface area contributed by atoms with E-state index in [0.29, 0.717) is 22.9 Å². The molecule has 2 aliphatic rings. The van der Waals surface area contributed by atoms with E-state index in [0.717, 1.165) is 12.3 Å². The van der Waals surface area contributed by atoms with Crippen molar-refractivity contribution in [3.8, 4) is 5.75 Å². The van der Waals surface area contributed by atoms with Gasteiger partial charge in [-0.1, -0.05) is 6.42 Å². The molecule has 4 rings (SSSR count). The zero-order chi connectivity index (χ0) is 20.6. The first-order valence-corrected chi connectivity index (χ1v) is 11.4. The standard InChI is InChI=1S/C22H26N2O4S/c1-24(29(26,27)20-11-9-19(28-2)10-12-20)18-7-5-16(6-8-18)22(25)23-21-14-15-3-4-17(21)13-15/h5-12,15,17,21H,3-4,13-14H2,1-2H3,(H,23,25)/t15-,17-,21+/m0/s1. The largest absolute Gasteiger partial charge is 0.497 e. The Labute approximate surface area is 171 Å². The van der Waals surface area contributed by atoms with Crippen LogP contribution in [0.3, 0.4) is 0 Å². The number of hydrogen-bond donors (Lipinski definition) is 1. The Kier molecular flexibility index (Phi) is 5.25. The first kappa shape index (κ1) is 19.8. The molecule has 2 aromatic rings. The first-order chi connectivity index (χ1) is 13.9. The number of nitrogens with zero attached hydrogens (tertiary/aromatic N) is 1. The number of sulfonamides is 1. The van der Waals surface area contributed by atoms with Crippen LogP contribution < -0.4 is 14.4 Å². The summed E-state index contributed by atoms with van der Waals surface area (Å²) in [4.78, 5) is 12.8. The van der Waals surface area contributed by atoms with E-state index >= 15 is 0 Å². The summed E-state index contributed by atoms with van der Waals surface area (Å²) in [7, 11) is -0.661. The van der Waals surface area contributed by atoms with Gasteiger partial charge in [0.2, 0.25) is 0 Å². The lowest BCUT2D eigenvalue weighted by molar-refractivity contribution is 0.0923. The maximum atomic E-state index is 12.9. The fraction of sp³-hybridized carbons (Fsp3) is 0.409. The number of methoxy groups -OCH3 is 1. The Morgan fingerprint density at radius 1 is 1.03 bits per heavy atom. The highest BCUT2D eigenvalue weighted by molar-refractivity contribution is 7.92. The van der Waals surface area contributed by atoms with Crippen molar-refractivity contribution in [2.24, 2.45) is 11.8 Å². The van der Waals surface area contributed by atoms with Gasteiger partial charge in [-0.05, 0) is 79.6 Å². The van der Waals surface area contributed by atoms with Gasteiger partial charge in [-0.2, -0.15) is 0 Å². The highest BCUT2D eigenvalue weighted by Crippen LogP contribution is 2.44. The third-order valence-electron chi connectivity index (χ3n) is 6.27. The number of rotatable bonds is 6. The van der Waals surface area contributed by atoms with Crippen molar-refractivity contribution < 1.29 is 17.9 Å². The predicted molar refractivity (Wildman–Crippen MR) is 112 cm³/mol. The van der Waals surface area contributed by atoms with E-state index in [1.165, 1.54) is 49.9 Å². The van der Waals surface area contributed by atoms with Crippen LogP contribution >= 0.6 is 0 Å². The third-order valence-corrected chi connectivity index (χ3v) is 8.07. The van der Waals surface area contributed by atoms with Crippen LogP contribution in [0.5, 0.6) is 5.75 Å². The minimum Gasteiger partial charge on any atom is -0.497 e. The van der Waals surface area contributed by atoms with Crippen molar-refractivity contribution in [3.05, 3.63) is 54.1 Å². The van der Waals surface area contributed by atoms with E-state index in [2.05, 4.69) is 5.32 Å². The Morgan fingerprint density at radius 3 is 2.28 bits per heavy atom. The highest BCUT2D eigenvalue weighted by Gasteiger charge is 2.40. The van der Waals surface area contributed by atoms with Gasteiger partial charge in [0.15, 0.2) is 0 Å². The van der Waals surface area contributed by atoms with E-state index in [-0.39, 0.29) is 16.8 Å². The van der Waals surface area contributed by atoms with Crippen molar-refractivity contribution in [3.63, 3.8) is 0 Å². The van der Waals surface area contributed by atoms with Crippen molar-refractivity contribution in [1.29, 1.82) is 0 Å². The van der Waals surface area contributed by atoms with E-state index < -0.39 is 10.0 Å². The predicted octanol–water partition coefficient (Wildman–Crippen LogP) is 3.44. The summed E-state index contributed by atoms with van der Waals surface area (Å²) in [6, 6.07) is 13.2. The number of amides is 1. The van der Waals surface area contributed by atoms with Crippen molar-refractivity contribution in [2.45, 2.75) is 36.6 Å². The van der Waals surface area contributed by atoms with Crippen LogP contribution in [0.25, 0.3) is 0 Å². The topological polar surface area (TPSA) is 75.7 Å². The normalized spacial score (nSPS) is 23.0. The first-order valence-electron chi connectivity index (χ1n) is 9.92. The molecule has 0 aromatic heterocycles. The quantitative estimate of drug-likeness (QED) is 0.786. The second-order valence-corrected chi connectivity index (χ2v) is 9.92. The number of fused-ring (bicyclic) bond motifs is 2. The second kappa shape index (κ2) is 7.71. The van der Waals surface area contributed by atoms with Crippen molar-refractivity contribution in [1.82, 2.24) is 5.32 Å². The van der Waals surface area contributed by atoms with Crippen molar-refractivity contribution >= 4 is 21.6 Å². The zero-order valence-electron chi connectivity index (χ0n) is 16.7. The van der Waals surface area contributed by atoms with Gasteiger partial charge in [-0.25, -0.2) is 8.42 Å². The molecule has 2 aliphatic carbocycles. The Bertz CT molecular complexity index is 986. The van der Waals surface area contributed by atoms with Gasteiger partial charge in [0.25, 0.3) is 15.9 Å². The SMILES string of the molecule is COc1ccc(S(=O)(=O)N(C)c2ccc(C(=O)N[C@@H]3C[C@H]4CC[C@H]3C4)cc2)cc1. The lowest BCUT2D eigenvalue weighted by atomic mass is 9.95. The zero-order valence-corrected chi connectivity index (χ0v) is 17.5. The lowest BCUT2D eigenvalue weighted by Crippen LogP contribution is -2.38. The molecule has 2 bridgehead atoms. The number of benzene rings is 2. The summed E-state index contributed by atoms with van der Waals surface area (Å²) >= 11 is 0. The number of carbonyl (C=O) groups is 1. The molecule has 154 valence electrons. The molecule has 0 heterocycles. The van der Waals surface area contributed by atoms with Gasteiger partial charge < -0.3 is 10.1 Å². The molecule has 0 unspecified atom stereocenters. The molecule has 0 spiro atoms. The molecule has 2 saturated carbocycles. The highest BCUT2D eigenvalue weighted by atomic mass is 32.2. The number of hydrogen-bond acceptors (Lipinski definition) is 4. The smallest absolute Gasteiger partial charge is 0.264 e. The molecule has 29 heavy (non-hydrogen) atoms. The molecular weight excluding hydrogens is 388 g/mol. The fourth-order valence-electron chi connectivity index (χ4n) is 4.54. The molecule has 0 aliphatic heterocycles. The molecule has 1 N–H and O–H groups in total. The van der Waals surface area contributed by atoms with Crippen LogP contribution in [0.4, 0.5) is 5.69 Å². The van der Waals surface area contributed by atoms with Gasteiger partial charge in [0.1, 0.15) is 5.75 Å². The molecule has 7 heteroatoms. The average Bonchev–Trinajstić information content (AvgIpc) is 3.36. The van der Waals surface area contributed by atoms with Crippen LogP contribution in [-0.4, -0.2) is 34.5 Å². The summed E-state index contributed by atoms with van der Waals surface area (Å²) in [5, 5.41) is 3.16. The van der Waals surface area contributed by atoms with Crippen LogP contribution in [0.15, 0.2) is 53.4 Å². The van der Waals surface area contributed by atoms with Crippen LogP contribution in [0.2, 0.25) is 0 Å². The molecule has 6 nitrogen and oxygen atoms in total. The van der Waals surface area contributed by atoms with Gasteiger partial charge in [-0.15, -0.1) is 0 Å². The lowest BCUT2D eigenvalue weighted by Gasteiger charge is -2.23. The van der Waals surface area contributed by atoms with Gasteiger partial charge in [0, 0.05) is 18.7 Å². The minimum absolute atomic E-state index is 0.0882.